The standard InChI is InChI=1S/C18H19NO5S2/c1-24-18(21)14-6-3-2-5-13(14)17(20)19-9-8-16(15-7-4-11-25-15)26(22,23)12-10-19/h2-7,11,16H,8-10,12H2,1H3. The molecule has 1 aliphatic heterocycles. The van der Waals surface area contributed by atoms with E-state index in [2.05, 4.69) is 0 Å². The summed E-state index contributed by atoms with van der Waals surface area (Å²) in [6.45, 7) is 0.425. The smallest absolute Gasteiger partial charge is 0.338 e. The van der Waals surface area contributed by atoms with Crippen molar-refractivity contribution in [2.24, 2.45) is 0 Å². The van der Waals surface area contributed by atoms with Crippen LogP contribution in [-0.2, 0) is 14.6 Å². The lowest BCUT2D eigenvalue weighted by atomic mass is 10.1. The summed E-state index contributed by atoms with van der Waals surface area (Å²) >= 11 is 1.41. The Bertz CT molecular complexity index is 905. The van der Waals surface area contributed by atoms with Crippen LogP contribution in [0.1, 0.15) is 37.3 Å². The van der Waals surface area contributed by atoms with Gasteiger partial charge in [-0.15, -0.1) is 11.3 Å². The molecule has 1 atom stereocenters. The van der Waals surface area contributed by atoms with Crippen molar-refractivity contribution >= 4 is 33.1 Å². The van der Waals surface area contributed by atoms with E-state index in [1.807, 2.05) is 17.5 Å². The highest BCUT2D eigenvalue weighted by atomic mass is 32.2. The van der Waals surface area contributed by atoms with Crippen molar-refractivity contribution in [3.8, 4) is 0 Å². The van der Waals surface area contributed by atoms with Gasteiger partial charge < -0.3 is 9.64 Å². The molecule has 1 saturated heterocycles. The molecule has 26 heavy (non-hydrogen) atoms. The van der Waals surface area contributed by atoms with Gasteiger partial charge in [0.2, 0.25) is 0 Å². The van der Waals surface area contributed by atoms with E-state index in [1.165, 1.54) is 29.4 Å². The van der Waals surface area contributed by atoms with Crippen LogP contribution in [0.15, 0.2) is 41.8 Å². The fourth-order valence-corrected chi connectivity index (χ4v) is 6.07. The van der Waals surface area contributed by atoms with Gasteiger partial charge in [-0.2, -0.15) is 0 Å². The molecule has 2 aromatic rings. The number of carbonyl (C=O) groups is 2. The van der Waals surface area contributed by atoms with E-state index in [9.17, 15) is 18.0 Å². The number of thiophene rings is 1. The first-order valence-corrected chi connectivity index (χ1v) is 10.7. The summed E-state index contributed by atoms with van der Waals surface area (Å²) in [5.41, 5.74) is 0.410. The molecule has 1 amide bonds. The maximum Gasteiger partial charge on any atom is 0.338 e. The SMILES string of the molecule is COC(=O)c1ccccc1C(=O)N1CCC(c2cccs2)S(=O)(=O)CC1. The molecule has 0 N–H and O–H groups in total. The zero-order valence-corrected chi connectivity index (χ0v) is 15.9. The van der Waals surface area contributed by atoms with Crippen LogP contribution in [0.25, 0.3) is 0 Å². The quantitative estimate of drug-likeness (QED) is 0.749. The number of hydrogen-bond acceptors (Lipinski definition) is 6. The van der Waals surface area contributed by atoms with Crippen LogP contribution in [-0.4, -0.2) is 51.1 Å². The summed E-state index contributed by atoms with van der Waals surface area (Å²) in [4.78, 5) is 27.1. The number of esters is 1. The topological polar surface area (TPSA) is 80.8 Å². The Morgan fingerprint density at radius 3 is 2.50 bits per heavy atom. The minimum atomic E-state index is -3.34. The molecule has 0 aliphatic carbocycles. The van der Waals surface area contributed by atoms with Gasteiger partial charge in [0, 0.05) is 18.0 Å². The van der Waals surface area contributed by atoms with Crippen molar-refractivity contribution in [2.45, 2.75) is 11.7 Å². The Hall–Kier alpha value is -2.19. The molecular formula is C18H19NO5S2. The van der Waals surface area contributed by atoms with Crippen LogP contribution >= 0.6 is 11.3 Å². The number of hydrogen-bond donors (Lipinski definition) is 0. The monoisotopic (exact) mass is 393 g/mol. The van der Waals surface area contributed by atoms with Gasteiger partial charge in [0.1, 0.15) is 0 Å². The molecule has 1 aromatic carbocycles. The van der Waals surface area contributed by atoms with Gasteiger partial charge in [-0.05, 0) is 30.0 Å². The molecule has 1 unspecified atom stereocenters. The molecule has 6 nitrogen and oxygen atoms in total. The first kappa shape index (κ1) is 18.6. The third-order valence-corrected chi connectivity index (χ3v) is 7.69. The highest BCUT2D eigenvalue weighted by Gasteiger charge is 2.34. The number of nitrogens with zero attached hydrogens (tertiary/aromatic N) is 1. The lowest BCUT2D eigenvalue weighted by Gasteiger charge is -2.21. The number of rotatable bonds is 3. The lowest BCUT2D eigenvalue weighted by molar-refractivity contribution is 0.0590. The van der Waals surface area contributed by atoms with Crippen molar-refractivity contribution in [2.75, 3.05) is 26.0 Å². The molecule has 138 valence electrons. The zero-order valence-electron chi connectivity index (χ0n) is 14.3. The van der Waals surface area contributed by atoms with Gasteiger partial charge in [0.15, 0.2) is 9.84 Å². The van der Waals surface area contributed by atoms with Gasteiger partial charge >= 0.3 is 5.97 Å². The Balaban J connectivity index is 1.86. The largest absolute Gasteiger partial charge is 0.465 e. The third kappa shape index (κ3) is 3.66. The van der Waals surface area contributed by atoms with E-state index < -0.39 is 21.1 Å². The number of ether oxygens (including phenoxy) is 1. The first-order chi connectivity index (χ1) is 12.4. The summed E-state index contributed by atoms with van der Waals surface area (Å²) in [5.74, 6) is -1.04. The Morgan fingerprint density at radius 1 is 1.12 bits per heavy atom. The first-order valence-electron chi connectivity index (χ1n) is 8.15. The number of sulfone groups is 1. The summed E-state index contributed by atoms with van der Waals surface area (Å²) < 4.78 is 30.0. The molecule has 0 saturated carbocycles. The summed E-state index contributed by atoms with van der Waals surface area (Å²) in [6.07, 6.45) is 0.342. The molecule has 1 aliphatic rings. The van der Waals surface area contributed by atoms with Crippen LogP contribution in [0.2, 0.25) is 0 Å². The third-order valence-electron chi connectivity index (χ3n) is 4.45. The molecule has 0 radical (unpaired) electrons. The minimum absolute atomic E-state index is 0.0955. The summed E-state index contributed by atoms with van der Waals surface area (Å²) in [7, 11) is -2.08. The second kappa shape index (κ2) is 7.59. The van der Waals surface area contributed by atoms with E-state index in [0.29, 0.717) is 13.0 Å². The second-order valence-electron chi connectivity index (χ2n) is 5.99. The summed E-state index contributed by atoms with van der Waals surface area (Å²) in [5, 5.41) is 1.27. The van der Waals surface area contributed by atoms with Crippen molar-refractivity contribution < 1.29 is 22.7 Å². The van der Waals surface area contributed by atoms with Gasteiger partial charge in [-0.1, -0.05) is 18.2 Å². The summed E-state index contributed by atoms with van der Waals surface area (Å²) in [6, 6.07) is 10.1. The average Bonchev–Trinajstić information content (AvgIpc) is 3.11. The Kier molecular flexibility index (Phi) is 5.43. The number of carbonyl (C=O) groups excluding carboxylic acids is 2. The molecule has 8 heteroatoms. The fraction of sp³-hybridized carbons (Fsp3) is 0.333. The zero-order chi connectivity index (χ0) is 18.7. The Morgan fingerprint density at radius 2 is 1.85 bits per heavy atom. The van der Waals surface area contributed by atoms with Gasteiger partial charge in [0.25, 0.3) is 5.91 Å². The maximum atomic E-state index is 12.9. The molecule has 1 aromatic heterocycles. The normalized spacial score (nSPS) is 19.6. The average molecular weight is 393 g/mol. The molecular weight excluding hydrogens is 374 g/mol. The molecule has 3 rings (SSSR count). The van der Waals surface area contributed by atoms with E-state index in [1.54, 1.807) is 18.2 Å². The van der Waals surface area contributed by atoms with Crippen LogP contribution < -0.4 is 0 Å². The van der Waals surface area contributed by atoms with Gasteiger partial charge in [-0.25, -0.2) is 13.2 Å². The van der Waals surface area contributed by atoms with E-state index >= 15 is 0 Å². The second-order valence-corrected chi connectivity index (χ2v) is 9.27. The molecule has 0 bridgehead atoms. The van der Waals surface area contributed by atoms with Crippen molar-refractivity contribution in [1.82, 2.24) is 4.90 Å². The predicted octanol–water partition coefficient (Wildman–Crippen LogP) is 2.54. The lowest BCUT2D eigenvalue weighted by Crippen LogP contribution is -2.34. The van der Waals surface area contributed by atoms with Crippen molar-refractivity contribution in [3.63, 3.8) is 0 Å². The van der Waals surface area contributed by atoms with Gasteiger partial charge in [-0.3, -0.25) is 4.79 Å². The van der Waals surface area contributed by atoms with E-state index in [-0.39, 0.29) is 29.3 Å². The minimum Gasteiger partial charge on any atom is -0.465 e. The maximum absolute atomic E-state index is 12.9. The van der Waals surface area contributed by atoms with Crippen LogP contribution in [0, 0.1) is 0 Å². The van der Waals surface area contributed by atoms with Crippen LogP contribution in [0.3, 0.4) is 0 Å². The molecule has 2 heterocycles. The highest BCUT2D eigenvalue weighted by Crippen LogP contribution is 2.32. The Labute approximate surface area is 156 Å². The number of methoxy groups -OCH3 is 1. The van der Waals surface area contributed by atoms with Crippen molar-refractivity contribution in [3.05, 3.63) is 57.8 Å². The predicted molar refractivity (Wildman–Crippen MR) is 99.1 cm³/mol. The van der Waals surface area contributed by atoms with E-state index in [4.69, 9.17) is 4.74 Å². The van der Waals surface area contributed by atoms with Crippen LogP contribution in [0.4, 0.5) is 0 Å². The van der Waals surface area contributed by atoms with Crippen molar-refractivity contribution in [1.29, 1.82) is 0 Å². The number of benzene rings is 1. The molecule has 0 spiro atoms. The van der Waals surface area contributed by atoms with E-state index in [0.717, 1.165) is 4.88 Å². The highest BCUT2D eigenvalue weighted by molar-refractivity contribution is 7.91. The fourth-order valence-electron chi connectivity index (χ4n) is 3.07. The molecule has 1 fully saturated rings. The number of amides is 1. The van der Waals surface area contributed by atoms with Crippen LogP contribution in [0.5, 0.6) is 0 Å². The van der Waals surface area contributed by atoms with Gasteiger partial charge in [0.05, 0.1) is 29.2 Å².